The van der Waals surface area contributed by atoms with E-state index in [1.807, 2.05) is 16.4 Å². The van der Waals surface area contributed by atoms with E-state index in [1.54, 1.807) is 0 Å². The molecule has 1 amide bonds. The molecule has 0 saturated heterocycles. The van der Waals surface area contributed by atoms with Crippen molar-refractivity contribution in [3.63, 3.8) is 0 Å². The number of carbonyl (C=O) groups is 1. The third-order valence-corrected chi connectivity index (χ3v) is 3.19. The van der Waals surface area contributed by atoms with Gasteiger partial charge in [0.1, 0.15) is 11.9 Å². The van der Waals surface area contributed by atoms with Crippen molar-refractivity contribution in [1.29, 1.82) is 0 Å². The first kappa shape index (κ1) is 12.1. The highest BCUT2D eigenvalue weighted by Gasteiger charge is 2.32. The van der Waals surface area contributed by atoms with Crippen LogP contribution in [0.4, 0.5) is 0 Å². The molecule has 5 heteroatoms. The summed E-state index contributed by atoms with van der Waals surface area (Å²) in [5.41, 5.74) is 0. The summed E-state index contributed by atoms with van der Waals surface area (Å²) in [6.07, 6.45) is 2.89. The van der Waals surface area contributed by atoms with Crippen LogP contribution in [0.15, 0.2) is 0 Å². The van der Waals surface area contributed by atoms with Gasteiger partial charge in [-0.1, -0.05) is 13.8 Å². The zero-order chi connectivity index (χ0) is 12.4. The van der Waals surface area contributed by atoms with E-state index in [0.717, 1.165) is 37.5 Å². The second-order valence-corrected chi connectivity index (χ2v) is 4.59. The van der Waals surface area contributed by atoms with Crippen molar-refractivity contribution in [2.75, 3.05) is 6.54 Å². The summed E-state index contributed by atoms with van der Waals surface area (Å²) in [7, 11) is 0. The molecule has 0 aliphatic carbocycles. The van der Waals surface area contributed by atoms with Gasteiger partial charge in [-0.15, -0.1) is 10.2 Å². The van der Waals surface area contributed by atoms with Crippen molar-refractivity contribution in [3.8, 4) is 0 Å². The van der Waals surface area contributed by atoms with Gasteiger partial charge in [0.2, 0.25) is 5.91 Å². The van der Waals surface area contributed by atoms with E-state index in [0.29, 0.717) is 6.54 Å². The second-order valence-electron chi connectivity index (χ2n) is 4.59. The van der Waals surface area contributed by atoms with Gasteiger partial charge >= 0.3 is 0 Å². The van der Waals surface area contributed by atoms with Crippen LogP contribution < -0.4 is 0 Å². The predicted octanol–water partition coefficient (Wildman–Crippen LogP) is 1.54. The maximum Gasteiger partial charge on any atom is 0.245 e. The Morgan fingerprint density at radius 1 is 1.29 bits per heavy atom. The lowest BCUT2D eigenvalue weighted by Crippen LogP contribution is -2.42. The van der Waals surface area contributed by atoms with E-state index in [1.165, 1.54) is 0 Å². The summed E-state index contributed by atoms with van der Waals surface area (Å²) in [6.45, 7) is 7.54. The molecule has 0 unspecified atom stereocenters. The Labute approximate surface area is 102 Å². The molecule has 2 heterocycles. The minimum atomic E-state index is -0.151. The minimum absolute atomic E-state index is 0.151. The standard InChI is InChI=1S/C12H20N4O/c1-4-6-10-13-14-11-8-15(7-5-2)12(17)9(3)16(10)11/h9H,4-8H2,1-3H3/t9-/m1/s1. The van der Waals surface area contributed by atoms with Crippen molar-refractivity contribution in [1.82, 2.24) is 19.7 Å². The van der Waals surface area contributed by atoms with Crippen LogP contribution in [0.1, 0.15) is 51.3 Å². The van der Waals surface area contributed by atoms with Crippen molar-refractivity contribution in [3.05, 3.63) is 11.6 Å². The van der Waals surface area contributed by atoms with E-state index in [4.69, 9.17) is 0 Å². The average molecular weight is 236 g/mol. The van der Waals surface area contributed by atoms with Crippen LogP contribution in [0.2, 0.25) is 0 Å². The van der Waals surface area contributed by atoms with E-state index >= 15 is 0 Å². The van der Waals surface area contributed by atoms with Crippen molar-refractivity contribution in [2.45, 2.75) is 52.6 Å². The molecule has 0 bridgehead atoms. The highest BCUT2D eigenvalue weighted by molar-refractivity contribution is 5.81. The fraction of sp³-hybridized carbons (Fsp3) is 0.750. The van der Waals surface area contributed by atoms with Crippen LogP contribution in [-0.2, 0) is 17.8 Å². The van der Waals surface area contributed by atoms with Crippen LogP contribution in [0.5, 0.6) is 0 Å². The first-order valence-electron chi connectivity index (χ1n) is 6.40. The van der Waals surface area contributed by atoms with Crippen LogP contribution >= 0.6 is 0 Å². The number of nitrogens with zero attached hydrogens (tertiary/aromatic N) is 4. The Bertz CT molecular complexity index is 413. The quantitative estimate of drug-likeness (QED) is 0.797. The number of hydrogen-bond acceptors (Lipinski definition) is 3. The number of carbonyl (C=O) groups excluding carboxylic acids is 1. The normalized spacial score (nSPS) is 19.6. The molecule has 0 fully saturated rings. The summed E-state index contributed by atoms with van der Waals surface area (Å²) < 4.78 is 2.01. The molecule has 0 saturated carbocycles. The Hall–Kier alpha value is -1.39. The number of aryl methyl sites for hydroxylation is 1. The molecule has 94 valence electrons. The van der Waals surface area contributed by atoms with Gasteiger partial charge < -0.3 is 9.47 Å². The summed E-state index contributed by atoms with van der Waals surface area (Å²) in [6, 6.07) is -0.151. The molecule has 1 atom stereocenters. The van der Waals surface area contributed by atoms with Crippen molar-refractivity contribution in [2.24, 2.45) is 0 Å². The predicted molar refractivity (Wildman–Crippen MR) is 64.4 cm³/mol. The van der Waals surface area contributed by atoms with Crippen LogP contribution in [0.25, 0.3) is 0 Å². The maximum atomic E-state index is 12.2. The largest absolute Gasteiger partial charge is 0.333 e. The molecule has 1 aromatic rings. The molecule has 0 N–H and O–H groups in total. The van der Waals surface area contributed by atoms with E-state index in [-0.39, 0.29) is 11.9 Å². The van der Waals surface area contributed by atoms with E-state index < -0.39 is 0 Å². The first-order valence-corrected chi connectivity index (χ1v) is 6.40. The minimum Gasteiger partial charge on any atom is -0.333 e. The van der Waals surface area contributed by atoms with Gasteiger partial charge in [0.25, 0.3) is 0 Å². The molecule has 0 radical (unpaired) electrons. The molecule has 1 aliphatic rings. The molecular weight excluding hydrogens is 216 g/mol. The fourth-order valence-electron chi connectivity index (χ4n) is 2.39. The number of rotatable bonds is 4. The smallest absolute Gasteiger partial charge is 0.245 e. The van der Waals surface area contributed by atoms with Crippen LogP contribution in [-0.4, -0.2) is 32.1 Å². The van der Waals surface area contributed by atoms with Crippen LogP contribution in [0.3, 0.4) is 0 Å². The number of fused-ring (bicyclic) bond motifs is 1. The SMILES string of the molecule is CCCc1nnc2n1[C@H](C)C(=O)N(CCC)C2. The van der Waals surface area contributed by atoms with E-state index in [2.05, 4.69) is 24.0 Å². The highest BCUT2D eigenvalue weighted by atomic mass is 16.2. The van der Waals surface area contributed by atoms with Gasteiger partial charge in [0.05, 0.1) is 6.54 Å². The molecular formula is C12H20N4O. The van der Waals surface area contributed by atoms with Gasteiger partial charge in [-0.05, 0) is 19.8 Å². The summed E-state index contributed by atoms with van der Waals surface area (Å²) >= 11 is 0. The third-order valence-electron chi connectivity index (χ3n) is 3.19. The lowest BCUT2D eigenvalue weighted by molar-refractivity contribution is -0.137. The van der Waals surface area contributed by atoms with Gasteiger partial charge in [0.15, 0.2) is 5.82 Å². The summed E-state index contributed by atoms with van der Waals surface area (Å²) in [5, 5.41) is 8.41. The van der Waals surface area contributed by atoms with Gasteiger partial charge in [-0.2, -0.15) is 0 Å². The number of amides is 1. The average Bonchev–Trinajstić information content (AvgIpc) is 2.70. The second kappa shape index (κ2) is 4.85. The lowest BCUT2D eigenvalue weighted by Gasteiger charge is -2.31. The van der Waals surface area contributed by atoms with E-state index in [9.17, 15) is 4.79 Å². The highest BCUT2D eigenvalue weighted by Crippen LogP contribution is 2.23. The Balaban J connectivity index is 2.30. The Morgan fingerprint density at radius 3 is 2.71 bits per heavy atom. The molecule has 1 aromatic heterocycles. The number of aromatic nitrogens is 3. The third kappa shape index (κ3) is 2.06. The molecule has 0 spiro atoms. The number of hydrogen-bond donors (Lipinski definition) is 0. The fourth-order valence-corrected chi connectivity index (χ4v) is 2.39. The lowest BCUT2D eigenvalue weighted by atomic mass is 10.2. The first-order chi connectivity index (χ1) is 8.19. The molecule has 0 aromatic carbocycles. The van der Waals surface area contributed by atoms with Crippen molar-refractivity contribution >= 4 is 5.91 Å². The molecule has 17 heavy (non-hydrogen) atoms. The van der Waals surface area contributed by atoms with Gasteiger partial charge in [0, 0.05) is 13.0 Å². The van der Waals surface area contributed by atoms with Gasteiger partial charge in [-0.3, -0.25) is 4.79 Å². The molecule has 1 aliphatic heterocycles. The Morgan fingerprint density at radius 2 is 2.06 bits per heavy atom. The van der Waals surface area contributed by atoms with Crippen LogP contribution in [0, 0.1) is 0 Å². The summed E-state index contributed by atoms with van der Waals surface area (Å²) in [5.74, 6) is 2.06. The maximum absolute atomic E-state index is 12.2. The Kier molecular flexibility index (Phi) is 3.45. The topological polar surface area (TPSA) is 51.0 Å². The zero-order valence-corrected chi connectivity index (χ0v) is 10.8. The zero-order valence-electron chi connectivity index (χ0n) is 10.8. The van der Waals surface area contributed by atoms with Crippen molar-refractivity contribution < 1.29 is 4.79 Å². The molecule has 5 nitrogen and oxygen atoms in total. The molecule has 2 rings (SSSR count). The monoisotopic (exact) mass is 236 g/mol. The summed E-state index contributed by atoms with van der Waals surface area (Å²) in [4.78, 5) is 14.1. The van der Waals surface area contributed by atoms with Gasteiger partial charge in [-0.25, -0.2) is 0 Å².